The Balaban J connectivity index is 1.26. The van der Waals surface area contributed by atoms with Gasteiger partial charge in [-0.05, 0) is 41.5 Å². The molecule has 0 spiro atoms. The van der Waals surface area contributed by atoms with Gasteiger partial charge in [0, 0.05) is 32.2 Å². The van der Waals surface area contributed by atoms with Crippen molar-refractivity contribution in [3.05, 3.63) is 127 Å². The summed E-state index contributed by atoms with van der Waals surface area (Å²) in [6.07, 6.45) is 0. The molecule has 3 aromatic heterocycles. The molecule has 8 rings (SSSR count). The van der Waals surface area contributed by atoms with Crippen LogP contribution in [0.15, 0.2) is 127 Å². The van der Waals surface area contributed by atoms with Crippen molar-refractivity contribution >= 4 is 53.2 Å². The topological polar surface area (TPSA) is 38.7 Å². The second kappa shape index (κ2) is 9.49. The van der Waals surface area contributed by atoms with Gasteiger partial charge in [0.25, 0.3) is 0 Å². The zero-order chi connectivity index (χ0) is 26.5. The van der Waals surface area contributed by atoms with Crippen LogP contribution in [0.5, 0.6) is 0 Å². The number of benzene rings is 5. The van der Waals surface area contributed by atoms with Gasteiger partial charge in [0.1, 0.15) is 9.84 Å². The summed E-state index contributed by atoms with van der Waals surface area (Å²) in [5.41, 5.74) is 7.50. The molecule has 0 saturated heterocycles. The predicted molar refractivity (Wildman–Crippen MR) is 170 cm³/mol. The second-order valence-electron chi connectivity index (χ2n) is 9.69. The van der Waals surface area contributed by atoms with E-state index < -0.39 is 0 Å². The van der Waals surface area contributed by atoms with Crippen LogP contribution in [-0.4, -0.2) is 15.0 Å². The maximum absolute atomic E-state index is 5.18. The summed E-state index contributed by atoms with van der Waals surface area (Å²) in [7, 11) is 0. The molecule has 0 aliphatic carbocycles. The lowest BCUT2D eigenvalue weighted by molar-refractivity contribution is 1.24. The number of hydrogen-bond acceptors (Lipinski definition) is 5. The SMILES string of the molecule is c1ccc(-c2nc(-c3cccc(-c4cccc(-c5nc6ccccc6s5)c4)c3)nc3sc4ccccc4c23)cc1. The molecule has 0 fully saturated rings. The van der Waals surface area contributed by atoms with Gasteiger partial charge in [0.15, 0.2) is 5.82 Å². The summed E-state index contributed by atoms with van der Waals surface area (Å²) in [6, 6.07) is 44.4. The summed E-state index contributed by atoms with van der Waals surface area (Å²) in [5, 5.41) is 3.36. The zero-order valence-electron chi connectivity index (χ0n) is 21.3. The van der Waals surface area contributed by atoms with Gasteiger partial charge in [0.05, 0.1) is 15.9 Å². The monoisotopic (exact) mass is 547 g/mol. The van der Waals surface area contributed by atoms with Gasteiger partial charge in [-0.15, -0.1) is 22.7 Å². The minimum absolute atomic E-state index is 0.738. The van der Waals surface area contributed by atoms with Gasteiger partial charge in [-0.2, -0.15) is 0 Å². The van der Waals surface area contributed by atoms with Crippen LogP contribution in [0.1, 0.15) is 0 Å². The van der Waals surface area contributed by atoms with Gasteiger partial charge in [-0.1, -0.05) is 97.1 Å². The maximum atomic E-state index is 5.18. The Morgan fingerprint density at radius 1 is 0.450 bits per heavy atom. The van der Waals surface area contributed by atoms with E-state index >= 15 is 0 Å². The van der Waals surface area contributed by atoms with Crippen molar-refractivity contribution < 1.29 is 0 Å². The molecule has 0 atom stereocenters. The van der Waals surface area contributed by atoms with Crippen LogP contribution in [0.4, 0.5) is 0 Å². The van der Waals surface area contributed by atoms with Crippen molar-refractivity contribution in [2.75, 3.05) is 0 Å². The summed E-state index contributed by atoms with van der Waals surface area (Å²) < 4.78 is 2.43. The first-order valence-electron chi connectivity index (χ1n) is 13.1. The van der Waals surface area contributed by atoms with Crippen LogP contribution in [-0.2, 0) is 0 Å². The number of thiophene rings is 1. The smallest absolute Gasteiger partial charge is 0.161 e. The Kier molecular flexibility index (Phi) is 5.50. The van der Waals surface area contributed by atoms with E-state index in [1.807, 2.05) is 12.1 Å². The Labute approximate surface area is 239 Å². The first kappa shape index (κ1) is 23.2. The molecular weight excluding hydrogens is 527 g/mol. The second-order valence-corrected chi connectivity index (χ2v) is 11.7. The zero-order valence-corrected chi connectivity index (χ0v) is 22.9. The molecule has 0 aliphatic rings. The molecule has 0 unspecified atom stereocenters. The number of aromatic nitrogens is 3. The number of rotatable bonds is 4. The summed E-state index contributed by atoms with van der Waals surface area (Å²) in [4.78, 5) is 16.1. The summed E-state index contributed by atoms with van der Waals surface area (Å²) in [6.45, 7) is 0. The van der Waals surface area contributed by atoms with E-state index in [4.69, 9.17) is 15.0 Å². The molecule has 188 valence electrons. The molecule has 3 nitrogen and oxygen atoms in total. The molecule has 5 heteroatoms. The van der Waals surface area contributed by atoms with Crippen molar-refractivity contribution in [1.29, 1.82) is 0 Å². The fourth-order valence-electron chi connectivity index (χ4n) is 5.22. The highest BCUT2D eigenvalue weighted by atomic mass is 32.1. The molecule has 0 N–H and O–H groups in total. The Morgan fingerprint density at radius 3 is 1.93 bits per heavy atom. The maximum Gasteiger partial charge on any atom is 0.161 e. The number of nitrogens with zero attached hydrogens (tertiary/aromatic N) is 3. The first-order valence-corrected chi connectivity index (χ1v) is 14.7. The largest absolute Gasteiger partial charge is 0.236 e. The molecule has 5 aromatic carbocycles. The molecule has 0 amide bonds. The quantitative estimate of drug-likeness (QED) is 0.220. The molecule has 3 heterocycles. The lowest BCUT2D eigenvalue weighted by Gasteiger charge is -2.09. The van der Waals surface area contributed by atoms with Gasteiger partial charge in [-0.3, -0.25) is 0 Å². The van der Waals surface area contributed by atoms with Crippen LogP contribution < -0.4 is 0 Å². The number of fused-ring (bicyclic) bond motifs is 4. The number of hydrogen-bond donors (Lipinski definition) is 0. The Morgan fingerprint density at radius 2 is 1.10 bits per heavy atom. The lowest BCUT2D eigenvalue weighted by atomic mass is 10.0. The van der Waals surface area contributed by atoms with E-state index in [-0.39, 0.29) is 0 Å². The van der Waals surface area contributed by atoms with Gasteiger partial charge in [-0.25, -0.2) is 15.0 Å². The van der Waals surface area contributed by atoms with Crippen molar-refractivity contribution in [3.8, 4) is 44.3 Å². The van der Waals surface area contributed by atoms with Crippen LogP contribution >= 0.6 is 22.7 Å². The third kappa shape index (κ3) is 3.99. The van der Waals surface area contributed by atoms with Crippen molar-refractivity contribution in [3.63, 3.8) is 0 Å². The fraction of sp³-hybridized carbons (Fsp3) is 0. The molecule has 0 radical (unpaired) electrons. The molecule has 0 bridgehead atoms. The number of thiazole rings is 1. The minimum Gasteiger partial charge on any atom is -0.236 e. The molecular formula is C35H21N3S2. The highest BCUT2D eigenvalue weighted by molar-refractivity contribution is 7.25. The van der Waals surface area contributed by atoms with Crippen molar-refractivity contribution in [1.82, 2.24) is 15.0 Å². The number of para-hydroxylation sites is 1. The standard InChI is InChI=1S/C35H21N3S2/c1-2-10-22(11-3-1)32-31-27-16-4-6-18-29(27)39-35(31)38-33(37-32)25-14-8-12-23(20-25)24-13-9-15-26(21-24)34-36-28-17-5-7-19-30(28)40-34/h1-21H. The third-order valence-corrected chi connectivity index (χ3v) is 9.29. The Bertz CT molecular complexity index is 2140. The average Bonchev–Trinajstić information content (AvgIpc) is 3.63. The van der Waals surface area contributed by atoms with Crippen molar-refractivity contribution in [2.45, 2.75) is 0 Å². The van der Waals surface area contributed by atoms with Gasteiger partial charge >= 0.3 is 0 Å². The van der Waals surface area contributed by atoms with Crippen LogP contribution in [0, 0.1) is 0 Å². The highest BCUT2D eigenvalue weighted by Crippen LogP contribution is 2.40. The summed E-state index contributed by atoms with van der Waals surface area (Å²) >= 11 is 3.45. The molecule has 8 aromatic rings. The van der Waals surface area contributed by atoms with Gasteiger partial charge in [0.2, 0.25) is 0 Å². The molecule has 40 heavy (non-hydrogen) atoms. The van der Waals surface area contributed by atoms with E-state index in [1.54, 1.807) is 22.7 Å². The normalized spacial score (nSPS) is 11.5. The Hall–Kier alpha value is -4.71. The van der Waals surface area contributed by atoms with Crippen molar-refractivity contribution in [2.24, 2.45) is 0 Å². The minimum atomic E-state index is 0.738. The fourth-order valence-corrected chi connectivity index (χ4v) is 7.26. The van der Waals surface area contributed by atoms with E-state index in [0.29, 0.717) is 0 Å². The lowest BCUT2D eigenvalue weighted by Crippen LogP contribution is -1.94. The van der Waals surface area contributed by atoms with Crippen LogP contribution in [0.25, 0.3) is 74.9 Å². The summed E-state index contributed by atoms with van der Waals surface area (Å²) in [5.74, 6) is 0.738. The van der Waals surface area contributed by atoms with E-state index in [0.717, 1.165) is 60.1 Å². The highest BCUT2D eigenvalue weighted by Gasteiger charge is 2.17. The van der Waals surface area contributed by atoms with E-state index in [9.17, 15) is 0 Å². The molecule has 0 aliphatic heterocycles. The van der Waals surface area contributed by atoms with Crippen LogP contribution in [0.2, 0.25) is 0 Å². The van der Waals surface area contributed by atoms with Crippen LogP contribution in [0.3, 0.4) is 0 Å². The van der Waals surface area contributed by atoms with E-state index in [1.165, 1.54) is 14.8 Å². The third-order valence-electron chi connectivity index (χ3n) is 7.14. The average molecular weight is 548 g/mol. The van der Waals surface area contributed by atoms with E-state index in [2.05, 4.69) is 115 Å². The molecule has 0 saturated carbocycles. The first-order chi connectivity index (χ1) is 19.8. The van der Waals surface area contributed by atoms with Gasteiger partial charge < -0.3 is 0 Å². The predicted octanol–water partition coefficient (Wildman–Crippen LogP) is 10.1.